The summed E-state index contributed by atoms with van der Waals surface area (Å²) in [5.41, 5.74) is 1.36. The Morgan fingerprint density at radius 2 is 1.90 bits per heavy atom. The van der Waals surface area contributed by atoms with Gasteiger partial charge in [0, 0.05) is 12.1 Å². The van der Waals surface area contributed by atoms with E-state index in [4.69, 9.17) is 4.52 Å². The zero-order valence-corrected chi connectivity index (χ0v) is 17.1. The van der Waals surface area contributed by atoms with Crippen molar-refractivity contribution in [3.63, 3.8) is 0 Å². The molecule has 0 saturated carbocycles. The van der Waals surface area contributed by atoms with Crippen LogP contribution in [0, 0.1) is 6.92 Å². The number of thiophene rings is 1. The van der Waals surface area contributed by atoms with Crippen molar-refractivity contribution in [2.45, 2.75) is 18.4 Å². The summed E-state index contributed by atoms with van der Waals surface area (Å²) in [5, 5.41) is 10.2. The van der Waals surface area contributed by atoms with E-state index in [0.717, 1.165) is 4.88 Å². The Kier molecular flexibility index (Phi) is 5.16. The van der Waals surface area contributed by atoms with Gasteiger partial charge in [0.2, 0.25) is 0 Å². The highest BCUT2D eigenvalue weighted by Crippen LogP contribution is 2.32. The van der Waals surface area contributed by atoms with E-state index in [1.54, 1.807) is 31.2 Å². The molecule has 0 aliphatic carbocycles. The van der Waals surface area contributed by atoms with Crippen LogP contribution in [0.3, 0.4) is 0 Å². The smallest absolute Gasteiger partial charge is 0.267 e. The summed E-state index contributed by atoms with van der Waals surface area (Å²) >= 11 is 1.47. The molecule has 3 heterocycles. The Bertz CT molecular complexity index is 1290. The highest BCUT2D eigenvalue weighted by atomic mass is 32.2. The summed E-state index contributed by atoms with van der Waals surface area (Å²) in [7, 11) is -3.53. The second-order valence-electron chi connectivity index (χ2n) is 6.41. The van der Waals surface area contributed by atoms with Gasteiger partial charge in [-0.05, 0) is 30.5 Å². The number of aromatic nitrogens is 3. The van der Waals surface area contributed by atoms with Crippen molar-refractivity contribution in [2.24, 2.45) is 0 Å². The number of hydrogen-bond acceptors (Lipinski definition) is 7. The first-order valence-electron chi connectivity index (χ1n) is 8.81. The maximum absolute atomic E-state index is 12.6. The highest BCUT2D eigenvalue weighted by Gasteiger charge is 2.19. The number of hydrogen-bond donors (Lipinski definition) is 0. The first-order valence-corrected chi connectivity index (χ1v) is 11.3. The Labute approximate surface area is 171 Å². The third-order valence-electron chi connectivity index (χ3n) is 4.32. The SMILES string of the molecule is Cc1cc(-c2cc(=O)n(CCS(=O)(=O)c3ccccc3)nc2-c2cccs2)on1. The van der Waals surface area contributed by atoms with Gasteiger partial charge in [-0.2, -0.15) is 5.10 Å². The lowest BCUT2D eigenvalue weighted by atomic mass is 10.1. The zero-order chi connectivity index (χ0) is 20.4. The van der Waals surface area contributed by atoms with Gasteiger partial charge in [0.15, 0.2) is 15.6 Å². The van der Waals surface area contributed by atoms with Crippen LogP contribution in [0.1, 0.15) is 5.69 Å². The number of nitrogens with zero attached hydrogens (tertiary/aromatic N) is 3. The number of aryl methyl sites for hydroxylation is 2. The van der Waals surface area contributed by atoms with Crippen molar-refractivity contribution >= 4 is 21.2 Å². The van der Waals surface area contributed by atoms with E-state index < -0.39 is 15.4 Å². The van der Waals surface area contributed by atoms with Gasteiger partial charge >= 0.3 is 0 Å². The van der Waals surface area contributed by atoms with Crippen LogP contribution in [0.15, 0.2) is 74.2 Å². The van der Waals surface area contributed by atoms with E-state index >= 15 is 0 Å². The van der Waals surface area contributed by atoms with Gasteiger partial charge in [-0.3, -0.25) is 4.79 Å². The molecular weight excluding hydrogens is 410 g/mol. The molecule has 29 heavy (non-hydrogen) atoms. The standard InChI is InChI=1S/C20H17N3O4S2/c1-14-12-17(27-22-14)16-13-19(24)23(21-20(16)18-8-5-10-28-18)9-11-29(25,26)15-6-3-2-4-7-15/h2-8,10,12-13H,9,11H2,1H3. The molecule has 148 valence electrons. The lowest BCUT2D eigenvalue weighted by Gasteiger charge is -2.10. The predicted octanol–water partition coefficient (Wildman–Crippen LogP) is 3.41. The van der Waals surface area contributed by atoms with Crippen LogP contribution in [-0.4, -0.2) is 29.1 Å². The largest absolute Gasteiger partial charge is 0.356 e. The normalized spacial score (nSPS) is 11.6. The Hall–Kier alpha value is -3.04. The van der Waals surface area contributed by atoms with E-state index in [1.165, 1.54) is 34.2 Å². The lowest BCUT2D eigenvalue weighted by molar-refractivity contribution is 0.426. The van der Waals surface area contributed by atoms with Gasteiger partial charge in [0.25, 0.3) is 5.56 Å². The molecule has 1 aromatic carbocycles. The van der Waals surface area contributed by atoms with Gasteiger partial charge in [-0.15, -0.1) is 11.3 Å². The van der Waals surface area contributed by atoms with E-state index in [-0.39, 0.29) is 17.2 Å². The third kappa shape index (κ3) is 4.06. The molecule has 0 unspecified atom stereocenters. The van der Waals surface area contributed by atoms with E-state index in [1.807, 2.05) is 17.5 Å². The zero-order valence-electron chi connectivity index (χ0n) is 15.5. The molecule has 9 heteroatoms. The van der Waals surface area contributed by atoms with Gasteiger partial charge in [0.1, 0.15) is 5.69 Å². The fourth-order valence-corrected chi connectivity index (χ4v) is 4.82. The summed E-state index contributed by atoms with van der Waals surface area (Å²) < 4.78 is 31.6. The number of benzene rings is 1. The van der Waals surface area contributed by atoms with Gasteiger partial charge in [-0.25, -0.2) is 13.1 Å². The molecule has 0 N–H and O–H groups in total. The van der Waals surface area contributed by atoms with Crippen LogP contribution >= 0.6 is 11.3 Å². The molecule has 0 saturated heterocycles. The second-order valence-corrected chi connectivity index (χ2v) is 9.47. The lowest BCUT2D eigenvalue weighted by Crippen LogP contribution is -2.26. The molecule has 4 rings (SSSR count). The minimum absolute atomic E-state index is 0.0514. The van der Waals surface area contributed by atoms with Crippen LogP contribution < -0.4 is 5.56 Å². The predicted molar refractivity (Wildman–Crippen MR) is 111 cm³/mol. The van der Waals surface area contributed by atoms with E-state index in [9.17, 15) is 13.2 Å². The van der Waals surface area contributed by atoms with Crippen LogP contribution in [-0.2, 0) is 16.4 Å². The van der Waals surface area contributed by atoms with Gasteiger partial charge < -0.3 is 4.52 Å². The summed E-state index contributed by atoms with van der Waals surface area (Å²) in [4.78, 5) is 13.7. The maximum atomic E-state index is 12.6. The summed E-state index contributed by atoms with van der Waals surface area (Å²) in [6.07, 6.45) is 0. The molecule has 0 atom stereocenters. The number of rotatable bonds is 6. The molecule has 7 nitrogen and oxygen atoms in total. The Morgan fingerprint density at radius 1 is 1.10 bits per heavy atom. The van der Waals surface area contributed by atoms with Crippen molar-refractivity contribution < 1.29 is 12.9 Å². The number of sulfone groups is 1. The van der Waals surface area contributed by atoms with E-state index in [0.29, 0.717) is 22.7 Å². The topological polar surface area (TPSA) is 95.1 Å². The van der Waals surface area contributed by atoms with Crippen LogP contribution in [0.25, 0.3) is 21.9 Å². The molecule has 0 aliphatic rings. The summed E-state index contributed by atoms with van der Waals surface area (Å²) in [6.45, 7) is 1.74. The monoisotopic (exact) mass is 427 g/mol. The van der Waals surface area contributed by atoms with Crippen molar-refractivity contribution in [3.8, 4) is 21.9 Å². The summed E-state index contributed by atoms with van der Waals surface area (Å²) in [5.74, 6) is 0.216. The molecule has 0 amide bonds. The first kappa shape index (κ1) is 19.3. The molecule has 0 aliphatic heterocycles. The van der Waals surface area contributed by atoms with Gasteiger partial charge in [-0.1, -0.05) is 29.4 Å². The minimum atomic E-state index is -3.53. The fourth-order valence-electron chi connectivity index (χ4n) is 2.88. The molecule has 0 spiro atoms. The van der Waals surface area contributed by atoms with Crippen molar-refractivity contribution in [3.05, 3.63) is 76.0 Å². The van der Waals surface area contributed by atoms with E-state index in [2.05, 4.69) is 10.3 Å². The quantitative estimate of drug-likeness (QED) is 0.468. The Balaban J connectivity index is 1.72. The Morgan fingerprint density at radius 3 is 2.55 bits per heavy atom. The molecule has 0 fully saturated rings. The van der Waals surface area contributed by atoms with Gasteiger partial charge in [0.05, 0.1) is 33.3 Å². The molecule has 0 radical (unpaired) electrons. The van der Waals surface area contributed by atoms with Crippen LogP contribution in [0.4, 0.5) is 0 Å². The van der Waals surface area contributed by atoms with Crippen molar-refractivity contribution in [1.82, 2.24) is 14.9 Å². The molecule has 0 bridgehead atoms. The summed E-state index contributed by atoms with van der Waals surface area (Å²) in [6, 6.07) is 15.1. The third-order valence-corrected chi connectivity index (χ3v) is 6.91. The van der Waals surface area contributed by atoms with Crippen molar-refractivity contribution in [1.29, 1.82) is 0 Å². The van der Waals surface area contributed by atoms with Crippen LogP contribution in [0.5, 0.6) is 0 Å². The maximum Gasteiger partial charge on any atom is 0.267 e. The van der Waals surface area contributed by atoms with Crippen LogP contribution in [0.2, 0.25) is 0 Å². The molecule has 3 aromatic heterocycles. The molecule has 4 aromatic rings. The first-order chi connectivity index (χ1) is 13.9. The van der Waals surface area contributed by atoms with Crippen molar-refractivity contribution in [2.75, 3.05) is 5.75 Å². The highest BCUT2D eigenvalue weighted by molar-refractivity contribution is 7.91. The average molecular weight is 428 g/mol. The fraction of sp³-hybridized carbons (Fsp3) is 0.150. The minimum Gasteiger partial charge on any atom is -0.356 e. The second kappa shape index (κ2) is 7.76. The average Bonchev–Trinajstić information content (AvgIpc) is 3.39. The molecular formula is C20H17N3O4S2.